The Labute approximate surface area is 323 Å². The van der Waals surface area contributed by atoms with Crippen molar-refractivity contribution in [3.05, 3.63) is 120 Å². The predicted octanol–water partition coefficient (Wildman–Crippen LogP) is 7.18. The lowest BCUT2D eigenvalue weighted by Gasteiger charge is -2.31. The van der Waals surface area contributed by atoms with Gasteiger partial charge in [0.15, 0.2) is 11.6 Å². The fourth-order valence-electron chi connectivity index (χ4n) is 7.62. The molecular weight excluding hydrogens is 673 g/mol. The van der Waals surface area contributed by atoms with Gasteiger partial charge in [-0.1, -0.05) is 173 Å². The maximum atomic E-state index is 13.7. The summed E-state index contributed by atoms with van der Waals surface area (Å²) in [7, 11) is 0. The number of nitrogens with two attached hydrogens (primary N) is 2. The predicted molar refractivity (Wildman–Crippen MR) is 218 cm³/mol. The average Bonchev–Trinajstić information content (AvgIpc) is 3.20. The molecule has 2 aliphatic carbocycles. The summed E-state index contributed by atoms with van der Waals surface area (Å²) >= 11 is 0. The Balaban J connectivity index is 1.06. The first-order chi connectivity index (χ1) is 26.3. The summed E-state index contributed by atoms with van der Waals surface area (Å²) in [4.78, 5) is 52.5. The topological polar surface area (TPSA) is 144 Å². The molecule has 0 saturated carbocycles. The zero-order chi connectivity index (χ0) is 38.5. The van der Waals surface area contributed by atoms with Crippen LogP contribution in [0.3, 0.4) is 0 Å². The fourth-order valence-corrected chi connectivity index (χ4v) is 7.62. The average molecular weight is 735 g/mol. The molecule has 2 aromatic rings. The minimum absolute atomic E-state index is 0.152. The number of hydrogen-bond donors (Lipinski definition) is 4. The summed E-state index contributed by atoms with van der Waals surface area (Å²) in [5.41, 5.74) is 11.1. The van der Waals surface area contributed by atoms with Crippen molar-refractivity contribution in [1.29, 1.82) is 0 Å². The Morgan fingerprint density at radius 3 is 1.13 bits per heavy atom. The van der Waals surface area contributed by atoms with Crippen molar-refractivity contribution >= 4 is 23.4 Å². The maximum Gasteiger partial charge on any atom is 0.235 e. The molecule has 0 saturated heterocycles. The minimum atomic E-state index is -1.30. The molecule has 0 aromatic heterocycles. The lowest BCUT2D eigenvalue weighted by molar-refractivity contribution is -0.139. The highest BCUT2D eigenvalue weighted by Gasteiger charge is 2.45. The van der Waals surface area contributed by atoms with Crippen molar-refractivity contribution in [2.75, 3.05) is 13.1 Å². The molecule has 2 aromatic carbocycles. The van der Waals surface area contributed by atoms with E-state index in [0.29, 0.717) is 25.7 Å². The largest absolute Gasteiger partial charge is 0.369 e. The number of ketones is 2. The van der Waals surface area contributed by atoms with Crippen molar-refractivity contribution < 1.29 is 19.2 Å². The van der Waals surface area contributed by atoms with E-state index in [1.54, 1.807) is 24.3 Å². The van der Waals surface area contributed by atoms with Gasteiger partial charge in [0, 0.05) is 0 Å². The molecule has 2 aliphatic rings. The van der Waals surface area contributed by atoms with E-state index < -0.39 is 34.7 Å². The van der Waals surface area contributed by atoms with Gasteiger partial charge in [-0.2, -0.15) is 0 Å². The van der Waals surface area contributed by atoms with Gasteiger partial charge in [0.1, 0.15) is 10.8 Å². The Kier molecular flexibility index (Phi) is 17.8. The van der Waals surface area contributed by atoms with Crippen LogP contribution in [0.2, 0.25) is 0 Å². The standard InChI is InChI=1S/C46H62N4O4/c47-43(53)45(29-19-13-20-30-45)41(51)39(35-37-25-15-11-16-26-37)49-33-23-9-7-5-3-1-2-4-6-8-10-24-34-50-40(36-38-27-17-12-18-28-38)42(52)46(44(48)54)31-21-14-22-32-46/h11-22,25-29,31,39-40,49-50H,1-10,23-24,30,32-36H2,(H2,47,53)(H2,48,54). The molecule has 4 atom stereocenters. The third-order valence-electron chi connectivity index (χ3n) is 11.0. The van der Waals surface area contributed by atoms with E-state index in [4.69, 9.17) is 11.5 Å². The number of nitrogens with one attached hydrogen (secondary N) is 2. The summed E-state index contributed by atoms with van der Waals surface area (Å²) in [6, 6.07) is 18.9. The van der Waals surface area contributed by atoms with Crippen LogP contribution in [0.15, 0.2) is 109 Å². The lowest BCUT2D eigenvalue weighted by atomic mass is 9.73. The number of hydrogen-bond acceptors (Lipinski definition) is 6. The normalized spacial score (nSPS) is 20.1. The molecule has 8 nitrogen and oxygen atoms in total. The minimum Gasteiger partial charge on any atom is -0.369 e. The van der Waals surface area contributed by atoms with E-state index in [1.165, 1.54) is 51.4 Å². The maximum absolute atomic E-state index is 13.7. The molecule has 54 heavy (non-hydrogen) atoms. The van der Waals surface area contributed by atoms with Crippen LogP contribution in [0, 0.1) is 10.8 Å². The molecule has 0 bridgehead atoms. The Morgan fingerprint density at radius 1 is 0.500 bits per heavy atom. The van der Waals surface area contributed by atoms with Crippen LogP contribution in [0.25, 0.3) is 0 Å². The molecule has 8 heteroatoms. The summed E-state index contributed by atoms with van der Waals surface area (Å²) < 4.78 is 0. The highest BCUT2D eigenvalue weighted by atomic mass is 16.2. The Morgan fingerprint density at radius 2 is 0.833 bits per heavy atom. The zero-order valence-corrected chi connectivity index (χ0v) is 32.1. The van der Waals surface area contributed by atoms with Gasteiger partial charge in [-0.3, -0.25) is 19.2 Å². The Bertz CT molecular complexity index is 1480. The van der Waals surface area contributed by atoms with Crippen molar-refractivity contribution in [3.8, 4) is 0 Å². The molecule has 4 unspecified atom stereocenters. The number of primary amides is 2. The van der Waals surface area contributed by atoms with E-state index in [9.17, 15) is 19.2 Å². The van der Waals surface area contributed by atoms with Crippen LogP contribution in [0.5, 0.6) is 0 Å². The van der Waals surface area contributed by atoms with Crippen LogP contribution in [-0.4, -0.2) is 48.6 Å². The van der Waals surface area contributed by atoms with Gasteiger partial charge in [0.2, 0.25) is 11.8 Å². The molecule has 4 rings (SSSR count). The van der Waals surface area contributed by atoms with Crippen molar-refractivity contribution in [3.63, 3.8) is 0 Å². The van der Waals surface area contributed by atoms with Gasteiger partial charge in [0.05, 0.1) is 12.1 Å². The van der Waals surface area contributed by atoms with Crippen LogP contribution in [0.4, 0.5) is 0 Å². The SMILES string of the molecule is NC(=O)C1(C(=O)C(Cc2ccccc2)NCCCCCCCCCCCCCCNC(Cc2ccccc2)C(=O)C2(C(N)=O)C=CC=CC2)C=CC=CC1. The zero-order valence-electron chi connectivity index (χ0n) is 32.1. The summed E-state index contributed by atoms with van der Waals surface area (Å²) in [6.07, 6.45) is 29.8. The third-order valence-corrected chi connectivity index (χ3v) is 11.0. The first-order valence-electron chi connectivity index (χ1n) is 20.2. The number of benzene rings is 2. The number of amides is 2. The van der Waals surface area contributed by atoms with Gasteiger partial charge in [-0.25, -0.2) is 0 Å². The summed E-state index contributed by atoms with van der Waals surface area (Å²) in [5, 5.41) is 6.94. The number of unbranched alkanes of at least 4 members (excludes halogenated alkanes) is 11. The van der Waals surface area contributed by atoms with E-state index in [1.807, 2.05) is 85.0 Å². The fraction of sp³-hybridized carbons (Fsp3) is 0.478. The highest BCUT2D eigenvalue weighted by Crippen LogP contribution is 2.32. The molecule has 0 heterocycles. The van der Waals surface area contributed by atoms with Crippen molar-refractivity contribution in [1.82, 2.24) is 10.6 Å². The third kappa shape index (κ3) is 12.6. The molecule has 2 amide bonds. The van der Waals surface area contributed by atoms with Gasteiger partial charge in [0.25, 0.3) is 0 Å². The van der Waals surface area contributed by atoms with Gasteiger partial charge in [-0.15, -0.1) is 0 Å². The van der Waals surface area contributed by atoms with Crippen LogP contribution in [-0.2, 0) is 32.0 Å². The monoisotopic (exact) mass is 734 g/mol. The summed E-state index contributed by atoms with van der Waals surface area (Å²) in [5.74, 6) is -1.49. The number of carbonyl (C=O) groups excluding carboxylic acids is 4. The quantitative estimate of drug-likeness (QED) is 0.0566. The van der Waals surface area contributed by atoms with Gasteiger partial charge >= 0.3 is 0 Å². The second-order valence-corrected chi connectivity index (χ2v) is 15.0. The number of rotatable bonds is 27. The van der Waals surface area contributed by atoms with E-state index in [0.717, 1.165) is 49.9 Å². The number of carbonyl (C=O) groups is 4. The molecule has 0 aliphatic heterocycles. The van der Waals surface area contributed by atoms with Crippen LogP contribution in [0.1, 0.15) is 101 Å². The molecule has 0 spiro atoms. The Hall–Kier alpha value is -4.40. The number of Topliss-reactive ketones (excluding diaryl/α,β-unsaturated/α-hetero) is 2. The van der Waals surface area contributed by atoms with E-state index >= 15 is 0 Å². The second-order valence-electron chi connectivity index (χ2n) is 15.0. The van der Waals surface area contributed by atoms with Gasteiger partial charge < -0.3 is 22.1 Å². The van der Waals surface area contributed by atoms with Crippen molar-refractivity contribution in [2.45, 2.75) is 115 Å². The first-order valence-corrected chi connectivity index (χ1v) is 20.2. The highest BCUT2D eigenvalue weighted by molar-refractivity contribution is 6.11. The molecular formula is C46H62N4O4. The van der Waals surface area contributed by atoms with Crippen LogP contribution < -0.4 is 22.1 Å². The van der Waals surface area contributed by atoms with Crippen molar-refractivity contribution in [2.24, 2.45) is 22.3 Å². The molecule has 0 radical (unpaired) electrons. The molecule has 290 valence electrons. The van der Waals surface area contributed by atoms with E-state index in [2.05, 4.69) is 10.6 Å². The molecule has 6 N–H and O–H groups in total. The lowest BCUT2D eigenvalue weighted by Crippen LogP contribution is -2.52. The van der Waals surface area contributed by atoms with E-state index in [-0.39, 0.29) is 11.6 Å². The van der Waals surface area contributed by atoms with Gasteiger partial charge in [-0.05, 0) is 62.7 Å². The summed E-state index contributed by atoms with van der Waals surface area (Å²) in [6.45, 7) is 1.44. The van der Waals surface area contributed by atoms with Crippen LogP contribution >= 0.6 is 0 Å². The second kappa shape index (κ2) is 22.7. The first kappa shape index (κ1) is 42.3. The number of allylic oxidation sites excluding steroid dienone is 6. The molecule has 0 fully saturated rings. The smallest absolute Gasteiger partial charge is 0.235 e.